The number of rotatable bonds is 6. The van der Waals surface area contributed by atoms with Gasteiger partial charge >= 0.3 is 0 Å². The third kappa shape index (κ3) is 4.08. The lowest BCUT2D eigenvalue weighted by atomic mass is 10.1. The van der Waals surface area contributed by atoms with E-state index in [1.165, 1.54) is 0 Å². The highest BCUT2D eigenvalue weighted by atomic mass is 79.9. The van der Waals surface area contributed by atoms with Crippen LogP contribution in [0.1, 0.15) is 24.9 Å². The molecule has 2 N–H and O–H groups in total. The van der Waals surface area contributed by atoms with E-state index in [1.807, 2.05) is 42.2 Å². The predicted molar refractivity (Wildman–Crippen MR) is 79.1 cm³/mol. The molecule has 1 aromatic heterocycles. The largest absolute Gasteiger partial charge is 0.493 e. The summed E-state index contributed by atoms with van der Waals surface area (Å²) in [5.41, 5.74) is 6.97. The summed E-state index contributed by atoms with van der Waals surface area (Å²) < 4.78 is 8.87. The molecule has 0 saturated heterocycles. The Labute approximate surface area is 121 Å². The van der Waals surface area contributed by atoms with Crippen LogP contribution >= 0.6 is 15.9 Å². The van der Waals surface area contributed by atoms with Crippen LogP contribution in [0.4, 0.5) is 0 Å². The predicted octanol–water partition coefficient (Wildman–Crippen LogP) is 3.13. The molecule has 0 aliphatic carbocycles. The van der Waals surface area contributed by atoms with Crippen molar-refractivity contribution in [1.29, 1.82) is 0 Å². The van der Waals surface area contributed by atoms with Gasteiger partial charge in [0, 0.05) is 35.0 Å². The molecule has 102 valence electrons. The topological polar surface area (TPSA) is 53.1 Å². The van der Waals surface area contributed by atoms with Gasteiger partial charge in [0.05, 0.1) is 12.9 Å². The van der Waals surface area contributed by atoms with E-state index in [0.29, 0.717) is 6.61 Å². The number of nitrogens with two attached hydrogens (primary N) is 1. The number of hydrogen-bond donors (Lipinski definition) is 1. The van der Waals surface area contributed by atoms with E-state index < -0.39 is 0 Å². The number of nitrogens with zero attached hydrogens (tertiary/aromatic N) is 2. The number of aryl methyl sites for hydroxylation is 1. The average molecular weight is 324 g/mol. The maximum atomic E-state index is 5.94. The van der Waals surface area contributed by atoms with E-state index in [2.05, 4.69) is 20.9 Å². The Kier molecular flexibility index (Phi) is 4.99. The molecule has 1 atom stereocenters. The number of halogens is 1. The van der Waals surface area contributed by atoms with Crippen LogP contribution in [0.3, 0.4) is 0 Å². The van der Waals surface area contributed by atoms with Crippen molar-refractivity contribution in [1.82, 2.24) is 9.55 Å². The smallest absolute Gasteiger partial charge is 0.125 e. The van der Waals surface area contributed by atoms with Crippen molar-refractivity contribution in [3.05, 3.63) is 47.0 Å². The first-order valence-electron chi connectivity index (χ1n) is 6.30. The second kappa shape index (κ2) is 6.73. The molecule has 0 fully saturated rings. The molecule has 0 radical (unpaired) electrons. The van der Waals surface area contributed by atoms with Crippen LogP contribution in [0.25, 0.3) is 0 Å². The van der Waals surface area contributed by atoms with Crippen LogP contribution in [0.2, 0.25) is 0 Å². The maximum absolute atomic E-state index is 5.94. The van der Waals surface area contributed by atoms with Gasteiger partial charge in [0.1, 0.15) is 5.75 Å². The molecule has 1 aromatic carbocycles. The second-order valence-corrected chi connectivity index (χ2v) is 5.39. The zero-order chi connectivity index (χ0) is 13.7. The summed E-state index contributed by atoms with van der Waals surface area (Å²) in [5.74, 6) is 0.856. The van der Waals surface area contributed by atoms with Gasteiger partial charge < -0.3 is 15.0 Å². The molecule has 0 saturated carbocycles. The number of hydrogen-bond acceptors (Lipinski definition) is 3. The van der Waals surface area contributed by atoms with Crippen molar-refractivity contribution in [2.75, 3.05) is 6.61 Å². The minimum atomic E-state index is -0.0308. The fourth-order valence-electron chi connectivity index (χ4n) is 1.86. The summed E-state index contributed by atoms with van der Waals surface area (Å²) in [4.78, 5) is 4.01. The van der Waals surface area contributed by atoms with E-state index in [9.17, 15) is 0 Å². The lowest BCUT2D eigenvalue weighted by Gasteiger charge is -2.14. The summed E-state index contributed by atoms with van der Waals surface area (Å²) in [7, 11) is 0. The second-order valence-electron chi connectivity index (χ2n) is 4.47. The van der Waals surface area contributed by atoms with Gasteiger partial charge in [0.25, 0.3) is 0 Å². The van der Waals surface area contributed by atoms with Crippen molar-refractivity contribution >= 4 is 15.9 Å². The first kappa shape index (κ1) is 14.1. The Hall–Kier alpha value is -1.33. The van der Waals surface area contributed by atoms with Gasteiger partial charge in [0.15, 0.2) is 0 Å². The molecule has 0 aliphatic rings. The van der Waals surface area contributed by atoms with Crippen LogP contribution in [-0.2, 0) is 6.54 Å². The Morgan fingerprint density at radius 3 is 3.00 bits per heavy atom. The molecule has 5 heteroatoms. The Bertz CT molecular complexity index is 511. The molecule has 1 unspecified atom stereocenters. The van der Waals surface area contributed by atoms with Crippen LogP contribution in [0, 0.1) is 0 Å². The molecule has 0 bridgehead atoms. The molecule has 0 amide bonds. The standard InChI is InChI=1S/C14H18BrN3O/c1-11(16)13-4-3-12(15)9-14(13)19-8-2-6-18-7-5-17-10-18/h3-5,7,9-11H,2,6,8,16H2,1H3. The molecule has 1 heterocycles. The molecule has 2 rings (SSSR count). The average Bonchev–Trinajstić information content (AvgIpc) is 2.87. The van der Waals surface area contributed by atoms with Crippen LogP contribution in [-0.4, -0.2) is 16.2 Å². The van der Waals surface area contributed by atoms with Gasteiger partial charge in [-0.15, -0.1) is 0 Å². The van der Waals surface area contributed by atoms with E-state index in [4.69, 9.17) is 10.5 Å². The summed E-state index contributed by atoms with van der Waals surface area (Å²) in [5, 5.41) is 0. The highest BCUT2D eigenvalue weighted by Crippen LogP contribution is 2.27. The highest BCUT2D eigenvalue weighted by Gasteiger charge is 2.08. The molecule has 0 aliphatic heterocycles. The lowest BCUT2D eigenvalue weighted by molar-refractivity contribution is 0.297. The zero-order valence-electron chi connectivity index (χ0n) is 10.9. The van der Waals surface area contributed by atoms with Crippen LogP contribution in [0.5, 0.6) is 5.75 Å². The van der Waals surface area contributed by atoms with Crippen molar-refractivity contribution in [3.8, 4) is 5.75 Å². The third-order valence-electron chi connectivity index (χ3n) is 2.84. The monoisotopic (exact) mass is 323 g/mol. The minimum Gasteiger partial charge on any atom is -0.493 e. The third-order valence-corrected chi connectivity index (χ3v) is 3.34. The van der Waals surface area contributed by atoms with E-state index in [-0.39, 0.29) is 6.04 Å². The summed E-state index contributed by atoms with van der Waals surface area (Å²) >= 11 is 3.45. The van der Waals surface area contributed by atoms with Gasteiger partial charge in [0.2, 0.25) is 0 Å². The van der Waals surface area contributed by atoms with Crippen molar-refractivity contribution in [2.45, 2.75) is 25.9 Å². The molecular formula is C14H18BrN3O. The zero-order valence-corrected chi connectivity index (χ0v) is 12.5. The van der Waals surface area contributed by atoms with Crippen molar-refractivity contribution in [2.24, 2.45) is 5.73 Å². The number of ether oxygens (including phenoxy) is 1. The normalized spacial score (nSPS) is 12.4. The maximum Gasteiger partial charge on any atom is 0.125 e. The highest BCUT2D eigenvalue weighted by molar-refractivity contribution is 9.10. The van der Waals surface area contributed by atoms with Gasteiger partial charge in [-0.1, -0.05) is 22.0 Å². The summed E-state index contributed by atoms with van der Waals surface area (Å²) in [6.07, 6.45) is 6.48. The molecule has 4 nitrogen and oxygen atoms in total. The Morgan fingerprint density at radius 1 is 1.47 bits per heavy atom. The summed E-state index contributed by atoms with van der Waals surface area (Å²) in [6.45, 7) is 3.53. The van der Waals surface area contributed by atoms with Crippen molar-refractivity contribution in [3.63, 3.8) is 0 Å². The molecule has 2 aromatic rings. The van der Waals surface area contributed by atoms with Gasteiger partial charge in [-0.25, -0.2) is 4.98 Å². The fourth-order valence-corrected chi connectivity index (χ4v) is 2.20. The fraction of sp³-hybridized carbons (Fsp3) is 0.357. The van der Waals surface area contributed by atoms with Crippen molar-refractivity contribution < 1.29 is 4.74 Å². The Balaban J connectivity index is 1.89. The van der Waals surface area contributed by atoms with Crippen LogP contribution < -0.4 is 10.5 Å². The van der Waals surface area contributed by atoms with E-state index in [1.54, 1.807) is 6.20 Å². The molecule has 0 spiro atoms. The van der Waals surface area contributed by atoms with Crippen LogP contribution in [0.15, 0.2) is 41.4 Å². The number of imidazole rings is 1. The Morgan fingerprint density at radius 2 is 2.32 bits per heavy atom. The van der Waals surface area contributed by atoms with Gasteiger partial charge in [-0.3, -0.25) is 0 Å². The SMILES string of the molecule is CC(N)c1ccc(Br)cc1OCCCn1ccnc1. The van der Waals surface area contributed by atoms with Gasteiger partial charge in [-0.05, 0) is 25.5 Å². The summed E-state index contributed by atoms with van der Waals surface area (Å²) in [6, 6.07) is 5.92. The van der Waals surface area contributed by atoms with Gasteiger partial charge in [-0.2, -0.15) is 0 Å². The molecule has 19 heavy (non-hydrogen) atoms. The quantitative estimate of drug-likeness (QED) is 0.831. The first-order chi connectivity index (χ1) is 9.16. The van der Waals surface area contributed by atoms with E-state index in [0.717, 1.165) is 28.8 Å². The minimum absolute atomic E-state index is 0.0308. The molecular weight excluding hydrogens is 306 g/mol. The lowest BCUT2D eigenvalue weighted by Crippen LogP contribution is -2.09. The first-order valence-corrected chi connectivity index (χ1v) is 7.09. The van der Waals surface area contributed by atoms with E-state index >= 15 is 0 Å². The number of aromatic nitrogens is 2. The number of benzene rings is 1.